The van der Waals surface area contributed by atoms with Crippen LogP contribution in [0.3, 0.4) is 0 Å². The van der Waals surface area contributed by atoms with Crippen LogP contribution in [0.15, 0.2) is 72.0 Å². The van der Waals surface area contributed by atoms with Crippen LogP contribution in [-0.2, 0) is 14.8 Å². The van der Waals surface area contributed by atoms with Crippen molar-refractivity contribution < 1.29 is 22.4 Å². The first kappa shape index (κ1) is 23.5. The monoisotopic (exact) mass is 483 g/mol. The molecule has 3 aromatic rings. The predicted molar refractivity (Wildman–Crippen MR) is 123 cm³/mol. The number of nitrogens with one attached hydrogen (secondary N) is 2. The average molecular weight is 484 g/mol. The van der Waals surface area contributed by atoms with Crippen molar-refractivity contribution in [3.8, 4) is 0 Å². The van der Waals surface area contributed by atoms with Gasteiger partial charge in [0.05, 0.1) is 11.4 Å². The topological polar surface area (TPSA) is 121 Å². The highest BCUT2D eigenvalue weighted by atomic mass is 32.2. The summed E-state index contributed by atoms with van der Waals surface area (Å²) in [5.41, 5.74) is 0.507. The number of hydrogen-bond donors (Lipinski definition) is 2. The van der Waals surface area contributed by atoms with Gasteiger partial charge in [-0.1, -0.05) is 6.07 Å². The fourth-order valence-electron chi connectivity index (χ4n) is 3.65. The van der Waals surface area contributed by atoms with Crippen molar-refractivity contribution in [2.45, 2.75) is 17.7 Å². The van der Waals surface area contributed by atoms with Crippen LogP contribution in [0.1, 0.15) is 23.3 Å². The molecule has 0 aliphatic carbocycles. The predicted octanol–water partition coefficient (Wildman–Crippen LogP) is 2.91. The molecule has 2 N–H and O–H groups in total. The quantitative estimate of drug-likeness (QED) is 0.556. The van der Waals surface area contributed by atoms with Gasteiger partial charge in [0.15, 0.2) is 0 Å². The Morgan fingerprint density at radius 3 is 2.44 bits per heavy atom. The van der Waals surface area contributed by atoms with E-state index in [4.69, 9.17) is 0 Å². The number of piperidine rings is 1. The fourth-order valence-corrected chi connectivity index (χ4v) is 5.09. The molecule has 11 heteroatoms. The van der Waals surface area contributed by atoms with Gasteiger partial charge < -0.3 is 10.6 Å². The van der Waals surface area contributed by atoms with E-state index in [1.807, 2.05) is 0 Å². The van der Waals surface area contributed by atoms with Gasteiger partial charge in [0, 0.05) is 37.6 Å². The second kappa shape index (κ2) is 10.1. The number of carbonyl (C=O) groups is 2. The summed E-state index contributed by atoms with van der Waals surface area (Å²) in [6.07, 6.45) is 4.86. The third-order valence-corrected chi connectivity index (χ3v) is 7.36. The number of amides is 2. The van der Waals surface area contributed by atoms with Crippen molar-refractivity contribution in [1.82, 2.24) is 14.3 Å². The van der Waals surface area contributed by atoms with E-state index in [9.17, 15) is 22.4 Å². The van der Waals surface area contributed by atoms with Crippen molar-refractivity contribution in [1.29, 1.82) is 0 Å². The lowest BCUT2D eigenvalue weighted by Gasteiger charge is -2.30. The zero-order valence-electron chi connectivity index (χ0n) is 18.0. The third-order valence-electron chi connectivity index (χ3n) is 5.48. The number of carbonyl (C=O) groups excluding carboxylic acids is 2. The highest BCUT2D eigenvalue weighted by molar-refractivity contribution is 7.89. The Morgan fingerprint density at radius 2 is 1.76 bits per heavy atom. The lowest BCUT2D eigenvalue weighted by atomic mass is 9.97. The maximum Gasteiger partial charge on any atom is 0.274 e. The summed E-state index contributed by atoms with van der Waals surface area (Å²) in [6, 6.07) is 11.5. The van der Waals surface area contributed by atoms with Gasteiger partial charge in [0.1, 0.15) is 16.4 Å². The van der Waals surface area contributed by atoms with Crippen LogP contribution in [0, 0.1) is 11.7 Å². The lowest BCUT2D eigenvalue weighted by molar-refractivity contribution is -0.120. The maximum absolute atomic E-state index is 13.9. The summed E-state index contributed by atoms with van der Waals surface area (Å²) < 4.78 is 40.7. The van der Waals surface area contributed by atoms with Gasteiger partial charge >= 0.3 is 0 Å². The lowest BCUT2D eigenvalue weighted by Crippen LogP contribution is -2.41. The van der Waals surface area contributed by atoms with Crippen molar-refractivity contribution >= 4 is 33.2 Å². The number of rotatable bonds is 6. The summed E-state index contributed by atoms with van der Waals surface area (Å²) in [7, 11) is -3.69. The molecule has 1 aromatic carbocycles. The van der Waals surface area contributed by atoms with Gasteiger partial charge in [-0.05, 0) is 55.3 Å². The van der Waals surface area contributed by atoms with E-state index < -0.39 is 27.7 Å². The van der Waals surface area contributed by atoms with E-state index in [0.29, 0.717) is 12.8 Å². The first-order valence-electron chi connectivity index (χ1n) is 10.6. The van der Waals surface area contributed by atoms with Crippen LogP contribution in [0.25, 0.3) is 0 Å². The molecule has 1 aliphatic heterocycles. The molecule has 34 heavy (non-hydrogen) atoms. The number of halogens is 1. The number of nitrogens with zero attached hydrogens (tertiary/aromatic N) is 3. The van der Waals surface area contributed by atoms with Crippen molar-refractivity contribution in [3.63, 3.8) is 0 Å². The number of pyridine rings is 2. The van der Waals surface area contributed by atoms with E-state index >= 15 is 0 Å². The van der Waals surface area contributed by atoms with E-state index in [-0.39, 0.29) is 41.0 Å². The molecule has 0 bridgehead atoms. The SMILES string of the molecule is O=C(Nc1ccc(F)cc1NC(=O)C1CCN(S(=O)(=O)c2cccnc2)CC1)c1ccccn1. The molecule has 1 saturated heterocycles. The first-order chi connectivity index (χ1) is 16.3. The van der Waals surface area contributed by atoms with Crippen molar-refractivity contribution in [3.05, 3.63) is 78.6 Å². The van der Waals surface area contributed by atoms with Gasteiger partial charge in [0.2, 0.25) is 15.9 Å². The number of hydrogen-bond acceptors (Lipinski definition) is 6. The molecule has 9 nitrogen and oxygen atoms in total. The van der Waals surface area contributed by atoms with Crippen LogP contribution in [-0.4, -0.2) is 47.6 Å². The van der Waals surface area contributed by atoms with Gasteiger partial charge in [-0.25, -0.2) is 12.8 Å². The Balaban J connectivity index is 1.42. The minimum atomic E-state index is -3.69. The second-order valence-electron chi connectivity index (χ2n) is 7.72. The molecular weight excluding hydrogens is 461 g/mol. The van der Waals surface area contributed by atoms with Crippen LogP contribution in [0.5, 0.6) is 0 Å². The average Bonchev–Trinajstić information content (AvgIpc) is 2.86. The van der Waals surface area contributed by atoms with E-state index in [1.165, 1.54) is 47.2 Å². The van der Waals surface area contributed by atoms with E-state index in [1.54, 1.807) is 18.2 Å². The summed E-state index contributed by atoms with van der Waals surface area (Å²) in [6.45, 7) is 0.337. The van der Waals surface area contributed by atoms with Crippen LogP contribution >= 0.6 is 0 Å². The van der Waals surface area contributed by atoms with Gasteiger partial charge in [-0.2, -0.15) is 4.31 Å². The molecule has 176 valence electrons. The molecule has 1 fully saturated rings. The minimum Gasteiger partial charge on any atom is -0.324 e. The molecular formula is C23H22FN5O4S. The molecule has 0 unspecified atom stereocenters. The molecule has 2 aromatic heterocycles. The third kappa shape index (κ3) is 5.26. The molecule has 0 atom stereocenters. The minimum absolute atomic E-state index is 0.103. The van der Waals surface area contributed by atoms with Crippen molar-refractivity contribution in [2.75, 3.05) is 23.7 Å². The number of anilines is 2. The molecule has 3 heterocycles. The highest BCUT2D eigenvalue weighted by Gasteiger charge is 2.32. The Morgan fingerprint density at radius 1 is 0.971 bits per heavy atom. The summed E-state index contributed by atoms with van der Waals surface area (Å²) in [5, 5.41) is 5.30. The number of aromatic nitrogens is 2. The molecule has 0 radical (unpaired) electrons. The number of sulfonamides is 1. The number of benzene rings is 1. The van der Waals surface area contributed by atoms with Crippen LogP contribution in [0.2, 0.25) is 0 Å². The van der Waals surface area contributed by atoms with Crippen LogP contribution < -0.4 is 10.6 Å². The second-order valence-corrected chi connectivity index (χ2v) is 9.65. The molecule has 1 aliphatic rings. The maximum atomic E-state index is 13.9. The Kier molecular flexibility index (Phi) is 6.94. The summed E-state index contributed by atoms with van der Waals surface area (Å²) >= 11 is 0. The zero-order chi connectivity index (χ0) is 24.1. The van der Waals surface area contributed by atoms with Crippen LogP contribution in [0.4, 0.5) is 15.8 Å². The molecule has 0 spiro atoms. The first-order valence-corrected chi connectivity index (χ1v) is 12.0. The Labute approximate surface area is 196 Å². The largest absolute Gasteiger partial charge is 0.324 e. The molecule has 2 amide bonds. The van der Waals surface area contributed by atoms with Gasteiger partial charge in [-0.15, -0.1) is 0 Å². The van der Waals surface area contributed by atoms with Crippen molar-refractivity contribution in [2.24, 2.45) is 5.92 Å². The fraction of sp³-hybridized carbons (Fsp3) is 0.217. The summed E-state index contributed by atoms with van der Waals surface area (Å²) in [4.78, 5) is 33.2. The summed E-state index contributed by atoms with van der Waals surface area (Å²) in [5.74, 6) is -1.93. The normalized spacial score (nSPS) is 15.0. The molecule has 4 rings (SSSR count). The Hall–Kier alpha value is -3.70. The highest BCUT2D eigenvalue weighted by Crippen LogP contribution is 2.27. The van der Waals surface area contributed by atoms with Gasteiger partial charge in [-0.3, -0.25) is 19.6 Å². The van der Waals surface area contributed by atoms with E-state index in [2.05, 4.69) is 20.6 Å². The van der Waals surface area contributed by atoms with Gasteiger partial charge in [0.25, 0.3) is 5.91 Å². The molecule has 0 saturated carbocycles. The Bertz CT molecular complexity index is 1280. The zero-order valence-corrected chi connectivity index (χ0v) is 18.8. The standard InChI is InChI=1S/C23H22FN5O4S/c24-17-6-7-19(27-23(31)20-5-1-2-11-26-20)21(14-17)28-22(30)16-8-12-29(13-9-16)34(32,33)18-4-3-10-25-15-18/h1-7,10-11,14-16H,8-9,12-13H2,(H,27,31)(H,28,30). The van der Waals surface area contributed by atoms with E-state index in [0.717, 1.165) is 6.07 Å². The smallest absolute Gasteiger partial charge is 0.274 e.